The molecule has 1 N–H and O–H groups in total. The van der Waals surface area contributed by atoms with Gasteiger partial charge in [-0.2, -0.15) is 11.3 Å². The Morgan fingerprint density at radius 3 is 2.62 bits per heavy atom. The fraction of sp³-hybridized carbons (Fsp3) is 0.692. The van der Waals surface area contributed by atoms with E-state index in [2.05, 4.69) is 36.0 Å². The first-order valence-electron chi connectivity index (χ1n) is 6.01. The average Bonchev–Trinajstić information content (AvgIpc) is 2.76. The van der Waals surface area contributed by atoms with E-state index in [0.717, 1.165) is 32.0 Å². The molecule has 1 heterocycles. The molecule has 0 saturated carbocycles. The third-order valence-corrected chi connectivity index (χ3v) is 3.39. The largest absolute Gasteiger partial charge is 0.381 e. The van der Waals surface area contributed by atoms with Crippen molar-refractivity contribution in [1.82, 2.24) is 5.32 Å². The normalized spacial score (nSPS) is 13.2. The number of hydrogen-bond donors (Lipinski definition) is 1. The summed E-state index contributed by atoms with van der Waals surface area (Å²) in [6.07, 6.45) is 2.20. The van der Waals surface area contributed by atoms with E-state index >= 15 is 0 Å². The lowest BCUT2D eigenvalue weighted by Crippen LogP contribution is -2.18. The summed E-state index contributed by atoms with van der Waals surface area (Å²) in [6.45, 7) is 6.18. The molecule has 0 aliphatic heterocycles. The van der Waals surface area contributed by atoms with Crippen molar-refractivity contribution in [3.05, 3.63) is 22.4 Å². The smallest absolute Gasteiger partial charge is 0.0484 e. The minimum absolute atomic E-state index is 0.435. The number of rotatable bonds is 8. The van der Waals surface area contributed by atoms with Crippen LogP contribution in [0, 0.1) is 5.92 Å². The Balaban J connectivity index is 2.15. The molecule has 0 aromatic carbocycles. The van der Waals surface area contributed by atoms with Crippen molar-refractivity contribution in [2.75, 3.05) is 20.3 Å². The fourth-order valence-electron chi connectivity index (χ4n) is 1.57. The Morgan fingerprint density at radius 1 is 1.31 bits per heavy atom. The summed E-state index contributed by atoms with van der Waals surface area (Å²) in [5, 5.41) is 7.66. The second kappa shape index (κ2) is 7.82. The highest BCUT2D eigenvalue weighted by Gasteiger charge is 2.08. The summed E-state index contributed by atoms with van der Waals surface area (Å²) >= 11 is 1.75. The second-order valence-corrected chi connectivity index (χ2v) is 5.26. The predicted molar refractivity (Wildman–Crippen MR) is 71.0 cm³/mol. The molecular formula is C13H23NOS. The fourth-order valence-corrected chi connectivity index (χ4v) is 2.29. The quantitative estimate of drug-likeness (QED) is 0.704. The van der Waals surface area contributed by atoms with Gasteiger partial charge in [-0.3, -0.25) is 0 Å². The van der Waals surface area contributed by atoms with Gasteiger partial charge in [0.1, 0.15) is 0 Å². The standard InChI is InChI=1S/C13H23NOS/c1-11(2)4-7-15-8-5-13(14-3)12-6-9-16-10-12/h6,9-11,13-14H,4-5,7-8H2,1-3H3. The molecule has 1 aromatic heterocycles. The molecule has 0 spiro atoms. The van der Waals surface area contributed by atoms with Crippen LogP contribution in [0.5, 0.6) is 0 Å². The lowest BCUT2D eigenvalue weighted by Gasteiger charge is -2.15. The molecule has 16 heavy (non-hydrogen) atoms. The van der Waals surface area contributed by atoms with E-state index in [-0.39, 0.29) is 0 Å². The molecule has 0 radical (unpaired) electrons. The summed E-state index contributed by atoms with van der Waals surface area (Å²) in [4.78, 5) is 0. The van der Waals surface area contributed by atoms with Crippen LogP contribution in [-0.4, -0.2) is 20.3 Å². The lowest BCUT2D eigenvalue weighted by molar-refractivity contribution is 0.115. The SMILES string of the molecule is CNC(CCOCCC(C)C)c1ccsc1. The zero-order valence-corrected chi connectivity index (χ0v) is 11.3. The monoisotopic (exact) mass is 241 g/mol. The molecule has 1 atom stereocenters. The van der Waals surface area contributed by atoms with Gasteiger partial charge in [0.2, 0.25) is 0 Å². The Labute approximate surface area is 103 Å². The van der Waals surface area contributed by atoms with Gasteiger partial charge in [-0.05, 0) is 48.2 Å². The van der Waals surface area contributed by atoms with Gasteiger partial charge in [0.05, 0.1) is 0 Å². The highest BCUT2D eigenvalue weighted by molar-refractivity contribution is 7.07. The van der Waals surface area contributed by atoms with Crippen LogP contribution in [0.4, 0.5) is 0 Å². The number of thiophene rings is 1. The van der Waals surface area contributed by atoms with E-state index in [1.807, 2.05) is 7.05 Å². The Kier molecular flexibility index (Phi) is 6.69. The molecule has 0 amide bonds. The Morgan fingerprint density at radius 2 is 2.06 bits per heavy atom. The third-order valence-electron chi connectivity index (χ3n) is 2.68. The zero-order valence-electron chi connectivity index (χ0n) is 10.5. The van der Waals surface area contributed by atoms with Gasteiger partial charge in [0, 0.05) is 19.3 Å². The molecule has 0 saturated heterocycles. The van der Waals surface area contributed by atoms with Crippen molar-refractivity contribution >= 4 is 11.3 Å². The van der Waals surface area contributed by atoms with Crippen LogP contribution in [0.15, 0.2) is 16.8 Å². The number of nitrogens with one attached hydrogen (secondary N) is 1. The lowest BCUT2D eigenvalue weighted by atomic mass is 10.1. The molecule has 92 valence electrons. The van der Waals surface area contributed by atoms with Crippen molar-refractivity contribution in [3.8, 4) is 0 Å². The van der Waals surface area contributed by atoms with Gasteiger partial charge in [-0.25, -0.2) is 0 Å². The number of hydrogen-bond acceptors (Lipinski definition) is 3. The topological polar surface area (TPSA) is 21.3 Å². The highest BCUT2D eigenvalue weighted by atomic mass is 32.1. The molecular weight excluding hydrogens is 218 g/mol. The second-order valence-electron chi connectivity index (χ2n) is 4.48. The summed E-state index contributed by atoms with van der Waals surface area (Å²) in [6, 6.07) is 2.62. The highest BCUT2D eigenvalue weighted by Crippen LogP contribution is 2.19. The molecule has 0 fully saturated rings. The van der Waals surface area contributed by atoms with Crippen LogP contribution in [0.2, 0.25) is 0 Å². The van der Waals surface area contributed by atoms with Gasteiger partial charge in [0.15, 0.2) is 0 Å². The molecule has 2 nitrogen and oxygen atoms in total. The van der Waals surface area contributed by atoms with Gasteiger partial charge in [-0.15, -0.1) is 0 Å². The van der Waals surface area contributed by atoms with E-state index < -0.39 is 0 Å². The van der Waals surface area contributed by atoms with Crippen LogP contribution in [0.3, 0.4) is 0 Å². The van der Waals surface area contributed by atoms with Crippen molar-refractivity contribution in [3.63, 3.8) is 0 Å². The molecule has 3 heteroatoms. The molecule has 1 unspecified atom stereocenters. The number of ether oxygens (including phenoxy) is 1. The van der Waals surface area contributed by atoms with E-state index in [0.29, 0.717) is 6.04 Å². The predicted octanol–water partition coefficient (Wildman–Crippen LogP) is 3.46. The van der Waals surface area contributed by atoms with E-state index in [1.165, 1.54) is 5.56 Å². The molecule has 0 aliphatic carbocycles. The Bertz CT molecular complexity index is 259. The van der Waals surface area contributed by atoms with Crippen molar-refractivity contribution in [2.45, 2.75) is 32.7 Å². The maximum Gasteiger partial charge on any atom is 0.0484 e. The van der Waals surface area contributed by atoms with Crippen LogP contribution in [-0.2, 0) is 4.74 Å². The zero-order chi connectivity index (χ0) is 11.8. The van der Waals surface area contributed by atoms with E-state index in [4.69, 9.17) is 4.74 Å². The van der Waals surface area contributed by atoms with Crippen molar-refractivity contribution < 1.29 is 4.74 Å². The van der Waals surface area contributed by atoms with E-state index in [9.17, 15) is 0 Å². The molecule has 0 bridgehead atoms. The van der Waals surface area contributed by atoms with Crippen molar-refractivity contribution in [2.24, 2.45) is 5.92 Å². The molecule has 1 rings (SSSR count). The van der Waals surface area contributed by atoms with Crippen molar-refractivity contribution in [1.29, 1.82) is 0 Å². The van der Waals surface area contributed by atoms with E-state index in [1.54, 1.807) is 11.3 Å². The van der Waals surface area contributed by atoms with Gasteiger partial charge >= 0.3 is 0 Å². The van der Waals surface area contributed by atoms with Crippen LogP contribution in [0.1, 0.15) is 38.3 Å². The Hall–Kier alpha value is -0.380. The van der Waals surface area contributed by atoms with Crippen LogP contribution in [0.25, 0.3) is 0 Å². The third kappa shape index (κ3) is 5.10. The molecule has 1 aromatic rings. The first-order valence-corrected chi connectivity index (χ1v) is 6.95. The maximum absolute atomic E-state index is 5.64. The summed E-state index contributed by atoms with van der Waals surface area (Å²) in [5.74, 6) is 0.733. The molecule has 0 aliphatic rings. The minimum atomic E-state index is 0.435. The van der Waals surface area contributed by atoms with Crippen LogP contribution < -0.4 is 5.32 Å². The summed E-state index contributed by atoms with van der Waals surface area (Å²) < 4.78 is 5.64. The summed E-state index contributed by atoms with van der Waals surface area (Å²) in [7, 11) is 2.01. The maximum atomic E-state index is 5.64. The van der Waals surface area contributed by atoms with Crippen LogP contribution >= 0.6 is 11.3 Å². The first kappa shape index (κ1) is 13.7. The summed E-state index contributed by atoms with van der Waals surface area (Å²) in [5.41, 5.74) is 1.37. The first-order chi connectivity index (χ1) is 7.74. The average molecular weight is 241 g/mol. The van der Waals surface area contributed by atoms with Gasteiger partial charge in [0.25, 0.3) is 0 Å². The van der Waals surface area contributed by atoms with Gasteiger partial charge in [-0.1, -0.05) is 13.8 Å². The van der Waals surface area contributed by atoms with Gasteiger partial charge < -0.3 is 10.1 Å². The minimum Gasteiger partial charge on any atom is -0.381 e.